The van der Waals surface area contributed by atoms with Gasteiger partial charge in [0.2, 0.25) is 0 Å². The minimum absolute atomic E-state index is 0.0575. The SMILES string of the molecule is CCc1ccc(C(=O)NC(C)C2CC2)cc1. The van der Waals surface area contributed by atoms with Crippen LogP contribution in [0.5, 0.6) is 0 Å². The van der Waals surface area contributed by atoms with E-state index in [0.717, 1.165) is 12.0 Å². The molecule has 1 atom stereocenters. The fourth-order valence-corrected chi connectivity index (χ4v) is 1.90. The number of carbonyl (C=O) groups excluding carboxylic acids is 1. The summed E-state index contributed by atoms with van der Waals surface area (Å²) in [6, 6.07) is 8.19. The van der Waals surface area contributed by atoms with Gasteiger partial charge in [0.15, 0.2) is 0 Å². The normalized spacial score (nSPS) is 16.9. The molecule has 1 amide bonds. The van der Waals surface area contributed by atoms with E-state index in [2.05, 4.69) is 19.2 Å². The summed E-state index contributed by atoms with van der Waals surface area (Å²) in [5.41, 5.74) is 2.04. The largest absolute Gasteiger partial charge is 0.349 e. The van der Waals surface area contributed by atoms with Crippen molar-refractivity contribution in [2.24, 2.45) is 5.92 Å². The maximum atomic E-state index is 11.9. The van der Waals surface area contributed by atoms with Crippen molar-refractivity contribution in [2.45, 2.75) is 39.2 Å². The Balaban J connectivity index is 1.96. The molecular formula is C14H19NO. The molecule has 0 bridgehead atoms. The van der Waals surface area contributed by atoms with Gasteiger partial charge in [0.05, 0.1) is 0 Å². The minimum Gasteiger partial charge on any atom is -0.349 e. The fraction of sp³-hybridized carbons (Fsp3) is 0.500. The molecule has 1 aliphatic carbocycles. The van der Waals surface area contributed by atoms with E-state index < -0.39 is 0 Å². The summed E-state index contributed by atoms with van der Waals surface area (Å²) in [7, 11) is 0. The van der Waals surface area contributed by atoms with Crippen molar-refractivity contribution in [3.05, 3.63) is 35.4 Å². The molecule has 0 aromatic heterocycles. The third-order valence-electron chi connectivity index (χ3n) is 3.31. The standard InChI is InChI=1S/C14H19NO/c1-3-11-4-6-13(7-5-11)14(16)15-10(2)12-8-9-12/h4-7,10,12H,3,8-9H2,1-2H3,(H,15,16). The summed E-state index contributed by atoms with van der Waals surface area (Å²) in [6.07, 6.45) is 3.53. The molecule has 2 nitrogen and oxygen atoms in total. The topological polar surface area (TPSA) is 29.1 Å². The van der Waals surface area contributed by atoms with E-state index in [-0.39, 0.29) is 5.91 Å². The Morgan fingerprint density at radius 1 is 1.38 bits per heavy atom. The molecule has 1 saturated carbocycles. The number of nitrogens with one attached hydrogen (secondary N) is 1. The average Bonchev–Trinajstić information content (AvgIpc) is 3.13. The van der Waals surface area contributed by atoms with E-state index in [1.165, 1.54) is 18.4 Å². The number of amides is 1. The summed E-state index contributed by atoms with van der Waals surface area (Å²) >= 11 is 0. The van der Waals surface area contributed by atoms with Crippen molar-refractivity contribution in [3.63, 3.8) is 0 Å². The van der Waals surface area contributed by atoms with Crippen LogP contribution in [0.4, 0.5) is 0 Å². The second-order valence-corrected chi connectivity index (χ2v) is 4.65. The van der Waals surface area contributed by atoms with Crippen molar-refractivity contribution in [3.8, 4) is 0 Å². The zero-order chi connectivity index (χ0) is 11.5. The smallest absolute Gasteiger partial charge is 0.251 e. The number of carbonyl (C=O) groups is 1. The molecule has 16 heavy (non-hydrogen) atoms. The van der Waals surface area contributed by atoms with Gasteiger partial charge < -0.3 is 5.32 Å². The Kier molecular flexibility index (Phi) is 3.28. The van der Waals surface area contributed by atoms with Gasteiger partial charge in [0, 0.05) is 11.6 Å². The highest BCUT2D eigenvalue weighted by Crippen LogP contribution is 2.32. The van der Waals surface area contributed by atoms with Crippen molar-refractivity contribution in [1.82, 2.24) is 5.32 Å². The molecule has 1 aromatic carbocycles. The van der Waals surface area contributed by atoms with E-state index in [0.29, 0.717) is 12.0 Å². The second-order valence-electron chi connectivity index (χ2n) is 4.65. The maximum absolute atomic E-state index is 11.9. The third-order valence-corrected chi connectivity index (χ3v) is 3.31. The van der Waals surface area contributed by atoms with Crippen molar-refractivity contribution in [1.29, 1.82) is 0 Å². The summed E-state index contributed by atoms with van der Waals surface area (Å²) in [4.78, 5) is 11.9. The van der Waals surface area contributed by atoms with Crippen LogP contribution < -0.4 is 5.32 Å². The Morgan fingerprint density at radius 2 is 2.00 bits per heavy atom. The van der Waals surface area contributed by atoms with E-state index >= 15 is 0 Å². The van der Waals surface area contributed by atoms with Crippen LogP contribution in [-0.2, 0) is 6.42 Å². The number of rotatable bonds is 4. The average molecular weight is 217 g/mol. The summed E-state index contributed by atoms with van der Waals surface area (Å²) in [5, 5.41) is 3.06. The lowest BCUT2D eigenvalue weighted by Crippen LogP contribution is -2.33. The summed E-state index contributed by atoms with van der Waals surface area (Å²) < 4.78 is 0. The highest BCUT2D eigenvalue weighted by atomic mass is 16.1. The lowest BCUT2D eigenvalue weighted by atomic mass is 10.1. The molecule has 0 spiro atoms. The molecule has 1 aromatic rings. The molecule has 0 aliphatic heterocycles. The number of hydrogen-bond donors (Lipinski definition) is 1. The zero-order valence-electron chi connectivity index (χ0n) is 9.99. The lowest BCUT2D eigenvalue weighted by molar-refractivity contribution is 0.0936. The van der Waals surface area contributed by atoms with Crippen LogP contribution in [0.15, 0.2) is 24.3 Å². The highest BCUT2D eigenvalue weighted by molar-refractivity contribution is 5.94. The fourth-order valence-electron chi connectivity index (χ4n) is 1.90. The Labute approximate surface area is 97.1 Å². The third kappa shape index (κ3) is 2.63. The van der Waals surface area contributed by atoms with Crippen molar-refractivity contribution >= 4 is 5.91 Å². The lowest BCUT2D eigenvalue weighted by Gasteiger charge is -2.12. The molecule has 0 radical (unpaired) electrons. The van der Waals surface area contributed by atoms with E-state index in [4.69, 9.17) is 0 Å². The first-order valence-electron chi connectivity index (χ1n) is 6.10. The Hall–Kier alpha value is -1.31. The zero-order valence-corrected chi connectivity index (χ0v) is 9.99. The van der Waals surface area contributed by atoms with Crippen LogP contribution >= 0.6 is 0 Å². The highest BCUT2D eigenvalue weighted by Gasteiger charge is 2.28. The first-order chi connectivity index (χ1) is 7.70. The molecule has 1 N–H and O–H groups in total. The van der Waals surface area contributed by atoms with Gasteiger partial charge in [-0.05, 0) is 49.8 Å². The minimum atomic E-state index is 0.0575. The predicted molar refractivity (Wildman–Crippen MR) is 65.5 cm³/mol. The number of benzene rings is 1. The van der Waals surface area contributed by atoms with Crippen LogP contribution in [0, 0.1) is 5.92 Å². The van der Waals surface area contributed by atoms with Gasteiger partial charge in [-0.2, -0.15) is 0 Å². The van der Waals surface area contributed by atoms with Crippen molar-refractivity contribution in [2.75, 3.05) is 0 Å². The van der Waals surface area contributed by atoms with Gasteiger partial charge in [-0.15, -0.1) is 0 Å². The van der Waals surface area contributed by atoms with Crippen LogP contribution in [-0.4, -0.2) is 11.9 Å². The Bertz CT molecular complexity index is 365. The number of hydrogen-bond acceptors (Lipinski definition) is 1. The molecular weight excluding hydrogens is 198 g/mol. The van der Waals surface area contributed by atoms with E-state index in [1.807, 2.05) is 24.3 Å². The maximum Gasteiger partial charge on any atom is 0.251 e. The summed E-state index contributed by atoms with van der Waals surface area (Å²) in [6.45, 7) is 4.21. The Morgan fingerprint density at radius 3 is 2.50 bits per heavy atom. The molecule has 0 saturated heterocycles. The van der Waals surface area contributed by atoms with Gasteiger partial charge in [-0.3, -0.25) is 4.79 Å². The number of aryl methyl sites for hydroxylation is 1. The molecule has 86 valence electrons. The van der Waals surface area contributed by atoms with Gasteiger partial charge in [0.25, 0.3) is 5.91 Å². The molecule has 0 heterocycles. The molecule has 1 unspecified atom stereocenters. The van der Waals surface area contributed by atoms with E-state index in [9.17, 15) is 4.79 Å². The first-order valence-corrected chi connectivity index (χ1v) is 6.10. The van der Waals surface area contributed by atoms with E-state index in [1.54, 1.807) is 0 Å². The monoisotopic (exact) mass is 217 g/mol. The van der Waals surface area contributed by atoms with Crippen LogP contribution in [0.25, 0.3) is 0 Å². The van der Waals surface area contributed by atoms with Crippen molar-refractivity contribution < 1.29 is 4.79 Å². The predicted octanol–water partition coefficient (Wildman–Crippen LogP) is 2.78. The van der Waals surface area contributed by atoms with Crippen LogP contribution in [0.3, 0.4) is 0 Å². The van der Waals surface area contributed by atoms with Gasteiger partial charge in [-0.1, -0.05) is 19.1 Å². The molecule has 2 rings (SSSR count). The second kappa shape index (κ2) is 4.69. The molecule has 1 aliphatic rings. The molecule has 1 fully saturated rings. The first kappa shape index (κ1) is 11.2. The van der Waals surface area contributed by atoms with Gasteiger partial charge in [-0.25, -0.2) is 0 Å². The van der Waals surface area contributed by atoms with Gasteiger partial charge in [0.1, 0.15) is 0 Å². The van der Waals surface area contributed by atoms with Crippen LogP contribution in [0.1, 0.15) is 42.6 Å². The van der Waals surface area contributed by atoms with Crippen LogP contribution in [0.2, 0.25) is 0 Å². The van der Waals surface area contributed by atoms with Gasteiger partial charge >= 0.3 is 0 Å². The summed E-state index contributed by atoms with van der Waals surface area (Å²) in [5.74, 6) is 0.765. The quantitative estimate of drug-likeness (QED) is 0.825. The molecule has 2 heteroatoms.